The molecular weight excluding hydrogens is 246 g/mol. The third-order valence-corrected chi connectivity index (χ3v) is 4.77. The van der Waals surface area contributed by atoms with E-state index in [4.69, 9.17) is 9.47 Å². The maximum Gasteiger partial charge on any atom is 0.327 e. The Morgan fingerprint density at radius 2 is 2.32 bits per heavy atom. The van der Waals surface area contributed by atoms with Gasteiger partial charge in [0.2, 0.25) is 0 Å². The zero-order chi connectivity index (χ0) is 13.8. The molecule has 5 nitrogen and oxygen atoms in total. The molecule has 0 radical (unpaired) electrons. The van der Waals surface area contributed by atoms with E-state index >= 15 is 0 Å². The van der Waals surface area contributed by atoms with Crippen LogP contribution < -0.4 is 0 Å². The summed E-state index contributed by atoms with van der Waals surface area (Å²) in [6, 6.07) is 2.17. The Labute approximate surface area is 111 Å². The molecule has 0 bridgehead atoms. The van der Waals surface area contributed by atoms with Crippen LogP contribution in [0.25, 0.3) is 0 Å². The minimum atomic E-state index is -0.978. The molecule has 5 unspecified atom stereocenters. The van der Waals surface area contributed by atoms with Crippen LogP contribution in [-0.4, -0.2) is 24.1 Å². The summed E-state index contributed by atoms with van der Waals surface area (Å²) >= 11 is 0. The van der Waals surface area contributed by atoms with Gasteiger partial charge in [0.25, 0.3) is 0 Å². The molecule has 0 aromatic carbocycles. The number of hydrogen-bond acceptors (Lipinski definition) is 5. The average Bonchev–Trinajstić information content (AvgIpc) is 2.68. The molecule has 1 saturated heterocycles. The molecule has 0 spiro atoms. The quantitative estimate of drug-likeness (QED) is 0.704. The van der Waals surface area contributed by atoms with Gasteiger partial charge in [0, 0.05) is 11.8 Å². The summed E-state index contributed by atoms with van der Waals surface area (Å²) in [5.41, 5.74) is -0.978. The molecule has 3 rings (SSSR count). The van der Waals surface area contributed by atoms with Gasteiger partial charge in [0.05, 0.1) is 12.0 Å². The second-order valence-corrected chi connectivity index (χ2v) is 6.09. The number of ether oxygens (including phenoxy) is 2. The summed E-state index contributed by atoms with van der Waals surface area (Å²) in [6.07, 6.45) is 1.54. The molecular formula is C14H17NO4. The van der Waals surface area contributed by atoms with Crippen molar-refractivity contribution in [3.05, 3.63) is 0 Å². The van der Waals surface area contributed by atoms with Crippen LogP contribution in [0.3, 0.4) is 0 Å². The van der Waals surface area contributed by atoms with Crippen LogP contribution in [-0.2, 0) is 19.1 Å². The maximum atomic E-state index is 12.0. The van der Waals surface area contributed by atoms with Crippen LogP contribution in [0.4, 0.5) is 0 Å². The van der Waals surface area contributed by atoms with E-state index in [1.54, 1.807) is 13.8 Å². The van der Waals surface area contributed by atoms with Gasteiger partial charge in [-0.1, -0.05) is 20.3 Å². The maximum absolute atomic E-state index is 12.0. The van der Waals surface area contributed by atoms with Gasteiger partial charge in [-0.05, 0) is 12.8 Å². The molecule has 5 atom stereocenters. The van der Waals surface area contributed by atoms with Crippen LogP contribution in [0.2, 0.25) is 0 Å². The van der Waals surface area contributed by atoms with Gasteiger partial charge in [-0.25, -0.2) is 0 Å². The highest BCUT2D eigenvalue weighted by molar-refractivity contribution is 5.84. The van der Waals surface area contributed by atoms with E-state index < -0.39 is 17.5 Å². The summed E-state index contributed by atoms with van der Waals surface area (Å²) in [4.78, 5) is 23.7. The fourth-order valence-corrected chi connectivity index (χ4v) is 3.73. The molecule has 0 amide bonds. The first-order valence-corrected chi connectivity index (χ1v) is 6.84. The first-order chi connectivity index (χ1) is 9.01. The van der Waals surface area contributed by atoms with Crippen LogP contribution in [0, 0.1) is 34.5 Å². The van der Waals surface area contributed by atoms with Crippen molar-refractivity contribution in [2.75, 3.05) is 0 Å². The van der Waals surface area contributed by atoms with Crippen LogP contribution in [0.1, 0.15) is 33.1 Å². The second kappa shape index (κ2) is 3.96. The lowest BCUT2D eigenvalue weighted by molar-refractivity contribution is -0.199. The Bertz CT molecular complexity index is 480. The Morgan fingerprint density at radius 3 is 2.95 bits per heavy atom. The van der Waals surface area contributed by atoms with Crippen LogP contribution >= 0.6 is 0 Å². The summed E-state index contributed by atoms with van der Waals surface area (Å²) in [5.74, 6) is -0.853. The monoisotopic (exact) mass is 263 g/mol. The Morgan fingerprint density at radius 1 is 1.58 bits per heavy atom. The molecule has 1 heterocycles. The van der Waals surface area contributed by atoms with Crippen molar-refractivity contribution in [2.45, 2.75) is 45.3 Å². The minimum Gasteiger partial charge on any atom is -0.458 e. The number of rotatable bonds is 2. The van der Waals surface area contributed by atoms with Gasteiger partial charge in [-0.15, -0.1) is 0 Å². The number of nitriles is 1. The van der Waals surface area contributed by atoms with Crippen molar-refractivity contribution in [1.82, 2.24) is 0 Å². The van der Waals surface area contributed by atoms with Gasteiger partial charge in [-0.3, -0.25) is 9.59 Å². The Hall–Kier alpha value is -1.57. The van der Waals surface area contributed by atoms with Gasteiger partial charge < -0.3 is 9.47 Å². The van der Waals surface area contributed by atoms with E-state index in [0.29, 0.717) is 6.42 Å². The first kappa shape index (κ1) is 12.5. The van der Waals surface area contributed by atoms with Gasteiger partial charge in [0.1, 0.15) is 12.2 Å². The lowest BCUT2D eigenvalue weighted by atomic mass is 9.52. The first-order valence-electron chi connectivity index (χ1n) is 6.84. The highest BCUT2D eigenvalue weighted by atomic mass is 16.6. The fourth-order valence-electron chi connectivity index (χ4n) is 3.73. The highest BCUT2D eigenvalue weighted by Gasteiger charge is 2.72. The lowest BCUT2D eigenvalue weighted by Crippen LogP contribution is -2.61. The summed E-state index contributed by atoms with van der Waals surface area (Å²) < 4.78 is 10.8. The van der Waals surface area contributed by atoms with Crippen molar-refractivity contribution < 1.29 is 19.1 Å². The molecule has 3 fully saturated rings. The molecule has 0 aromatic heterocycles. The number of carbonyl (C=O) groups is 2. The SMILES string of the molecule is CC(C)C(=O)OC1C2CCCC3(C#N)C(=O)OC1C23. The van der Waals surface area contributed by atoms with Crippen molar-refractivity contribution in [3.8, 4) is 6.07 Å². The van der Waals surface area contributed by atoms with Gasteiger partial charge in [0.15, 0.2) is 5.41 Å². The summed E-state index contributed by atoms with van der Waals surface area (Å²) in [5, 5.41) is 9.36. The second-order valence-electron chi connectivity index (χ2n) is 6.09. The zero-order valence-electron chi connectivity index (χ0n) is 11.1. The molecule has 0 aromatic rings. The van der Waals surface area contributed by atoms with E-state index in [1.807, 2.05) is 0 Å². The van der Waals surface area contributed by atoms with E-state index in [0.717, 1.165) is 12.8 Å². The normalized spacial score (nSPS) is 42.9. The van der Waals surface area contributed by atoms with E-state index in [9.17, 15) is 14.9 Å². The smallest absolute Gasteiger partial charge is 0.327 e. The Kier molecular flexibility index (Phi) is 2.60. The molecule has 19 heavy (non-hydrogen) atoms. The average molecular weight is 263 g/mol. The highest BCUT2D eigenvalue weighted by Crippen LogP contribution is 2.61. The van der Waals surface area contributed by atoms with Gasteiger partial charge >= 0.3 is 11.9 Å². The number of carbonyl (C=O) groups excluding carboxylic acids is 2. The topological polar surface area (TPSA) is 76.4 Å². The summed E-state index contributed by atoms with van der Waals surface area (Å²) in [7, 11) is 0. The summed E-state index contributed by atoms with van der Waals surface area (Å²) in [6.45, 7) is 3.55. The standard InChI is InChI=1S/C14H17NO4/c1-7(2)12(16)18-10-8-4-3-5-14(6-15)9(8)11(10)19-13(14)17/h7-11H,3-5H2,1-2H3. The largest absolute Gasteiger partial charge is 0.458 e. The number of nitrogens with zero attached hydrogens (tertiary/aromatic N) is 1. The zero-order valence-corrected chi connectivity index (χ0v) is 11.1. The number of esters is 2. The van der Waals surface area contributed by atoms with Crippen molar-refractivity contribution >= 4 is 11.9 Å². The predicted molar refractivity (Wildman–Crippen MR) is 63.5 cm³/mol. The molecule has 2 aliphatic carbocycles. The van der Waals surface area contributed by atoms with Crippen molar-refractivity contribution in [2.24, 2.45) is 23.2 Å². The van der Waals surface area contributed by atoms with Crippen molar-refractivity contribution in [3.63, 3.8) is 0 Å². The number of hydrogen-bond donors (Lipinski definition) is 0. The van der Waals surface area contributed by atoms with Crippen LogP contribution in [0.5, 0.6) is 0 Å². The minimum absolute atomic E-state index is 0.0799. The fraction of sp³-hybridized carbons (Fsp3) is 0.786. The Balaban J connectivity index is 1.82. The third kappa shape index (κ3) is 1.46. The predicted octanol–water partition coefficient (Wildman–Crippen LogP) is 1.42. The molecule has 1 aliphatic heterocycles. The molecule has 3 aliphatic rings. The van der Waals surface area contributed by atoms with E-state index in [1.165, 1.54) is 0 Å². The van der Waals surface area contributed by atoms with Crippen molar-refractivity contribution in [1.29, 1.82) is 5.26 Å². The molecule has 5 heteroatoms. The van der Waals surface area contributed by atoms with E-state index in [-0.39, 0.29) is 29.8 Å². The molecule has 0 N–H and O–H groups in total. The van der Waals surface area contributed by atoms with Crippen LogP contribution in [0.15, 0.2) is 0 Å². The van der Waals surface area contributed by atoms with Gasteiger partial charge in [-0.2, -0.15) is 5.26 Å². The van der Waals surface area contributed by atoms with E-state index in [2.05, 4.69) is 6.07 Å². The molecule has 102 valence electrons. The molecule has 2 saturated carbocycles. The third-order valence-electron chi connectivity index (χ3n) is 4.77. The lowest BCUT2D eigenvalue weighted by Gasteiger charge is -2.51.